The molecule has 0 unspecified atom stereocenters. The lowest BCUT2D eigenvalue weighted by Gasteiger charge is -2.25. The summed E-state index contributed by atoms with van der Waals surface area (Å²) in [6, 6.07) is 1.74. The van der Waals surface area contributed by atoms with Gasteiger partial charge in [-0.15, -0.1) is 6.58 Å². The minimum absolute atomic E-state index is 0.0251. The molecule has 0 saturated carbocycles. The molecule has 21 heavy (non-hydrogen) atoms. The Kier molecular flexibility index (Phi) is 6.00. The standard InChI is InChI=1S/C14H20F2N2O2S/c1-5-6-18(10(2)3)21(19,20)13-8-11(9-17-4)7-12(15)14(13)16/h5,7-8,10,17H,1,6,9H2,2-4H3. The average molecular weight is 318 g/mol. The van der Waals surface area contributed by atoms with Gasteiger partial charge in [0.2, 0.25) is 10.0 Å². The topological polar surface area (TPSA) is 49.4 Å². The quantitative estimate of drug-likeness (QED) is 0.785. The van der Waals surface area contributed by atoms with Gasteiger partial charge in [0, 0.05) is 19.1 Å². The first-order chi connectivity index (χ1) is 9.75. The SMILES string of the molecule is C=CCN(C(C)C)S(=O)(=O)c1cc(CNC)cc(F)c1F. The van der Waals surface area contributed by atoms with Gasteiger partial charge in [0.25, 0.3) is 0 Å². The number of nitrogens with one attached hydrogen (secondary N) is 1. The first-order valence-corrected chi connectivity index (χ1v) is 7.95. The lowest BCUT2D eigenvalue weighted by Crippen LogP contribution is -2.37. The second kappa shape index (κ2) is 7.11. The number of sulfonamides is 1. The Morgan fingerprint density at radius 1 is 1.38 bits per heavy atom. The van der Waals surface area contributed by atoms with Crippen LogP contribution in [-0.4, -0.2) is 32.4 Å². The zero-order valence-electron chi connectivity index (χ0n) is 12.4. The van der Waals surface area contributed by atoms with E-state index in [1.54, 1.807) is 20.9 Å². The molecule has 0 aliphatic rings. The highest BCUT2D eigenvalue weighted by atomic mass is 32.2. The zero-order valence-corrected chi connectivity index (χ0v) is 13.2. The summed E-state index contributed by atoms with van der Waals surface area (Å²) < 4.78 is 53.8. The molecule has 0 atom stereocenters. The summed E-state index contributed by atoms with van der Waals surface area (Å²) in [5.74, 6) is -2.53. The average Bonchev–Trinajstić information content (AvgIpc) is 2.39. The Morgan fingerprint density at radius 3 is 2.48 bits per heavy atom. The highest BCUT2D eigenvalue weighted by Crippen LogP contribution is 2.24. The number of benzene rings is 1. The molecule has 0 aliphatic carbocycles. The van der Waals surface area contributed by atoms with Gasteiger partial charge in [-0.3, -0.25) is 0 Å². The molecule has 0 heterocycles. The van der Waals surface area contributed by atoms with E-state index in [0.717, 1.165) is 16.4 Å². The van der Waals surface area contributed by atoms with E-state index in [0.29, 0.717) is 5.56 Å². The molecule has 0 bridgehead atoms. The van der Waals surface area contributed by atoms with Gasteiger partial charge in [0.05, 0.1) is 0 Å². The van der Waals surface area contributed by atoms with Crippen LogP contribution >= 0.6 is 0 Å². The zero-order chi connectivity index (χ0) is 16.2. The first-order valence-electron chi connectivity index (χ1n) is 6.51. The Morgan fingerprint density at radius 2 is 2.00 bits per heavy atom. The normalized spacial score (nSPS) is 12.1. The molecule has 0 saturated heterocycles. The number of hydrogen-bond acceptors (Lipinski definition) is 3. The van der Waals surface area contributed by atoms with Crippen molar-refractivity contribution in [2.45, 2.75) is 31.3 Å². The van der Waals surface area contributed by atoms with E-state index in [1.165, 1.54) is 6.08 Å². The van der Waals surface area contributed by atoms with Crippen LogP contribution in [0.4, 0.5) is 8.78 Å². The van der Waals surface area contributed by atoms with Gasteiger partial charge in [-0.1, -0.05) is 6.08 Å². The van der Waals surface area contributed by atoms with E-state index in [2.05, 4.69) is 11.9 Å². The lowest BCUT2D eigenvalue weighted by atomic mass is 10.2. The largest absolute Gasteiger partial charge is 0.316 e. The minimum Gasteiger partial charge on any atom is -0.316 e. The third-order valence-corrected chi connectivity index (χ3v) is 4.95. The van der Waals surface area contributed by atoms with Crippen molar-refractivity contribution < 1.29 is 17.2 Å². The maximum atomic E-state index is 14.0. The van der Waals surface area contributed by atoms with Crippen molar-refractivity contribution in [3.8, 4) is 0 Å². The van der Waals surface area contributed by atoms with Gasteiger partial charge in [-0.2, -0.15) is 4.31 Å². The van der Waals surface area contributed by atoms with Gasteiger partial charge in [0.15, 0.2) is 11.6 Å². The van der Waals surface area contributed by atoms with E-state index < -0.39 is 32.6 Å². The Hall–Kier alpha value is -1.31. The second-order valence-electron chi connectivity index (χ2n) is 4.88. The van der Waals surface area contributed by atoms with Gasteiger partial charge in [-0.05, 0) is 38.6 Å². The molecule has 0 spiro atoms. The van der Waals surface area contributed by atoms with Crippen molar-refractivity contribution in [1.29, 1.82) is 0 Å². The summed E-state index contributed by atoms with van der Waals surface area (Å²) in [6.45, 7) is 7.08. The van der Waals surface area contributed by atoms with E-state index in [1.807, 2.05) is 0 Å². The molecule has 0 aliphatic heterocycles. The van der Waals surface area contributed by atoms with Crippen molar-refractivity contribution >= 4 is 10.0 Å². The molecule has 1 aromatic rings. The maximum absolute atomic E-state index is 14.0. The third-order valence-electron chi connectivity index (χ3n) is 2.91. The molecule has 1 aromatic carbocycles. The highest BCUT2D eigenvalue weighted by Gasteiger charge is 2.30. The van der Waals surface area contributed by atoms with Crippen LogP contribution in [0, 0.1) is 11.6 Å². The number of hydrogen-bond donors (Lipinski definition) is 1. The Bertz CT molecular complexity index is 616. The molecule has 1 rings (SSSR count). The summed E-state index contributed by atoms with van der Waals surface area (Å²) in [6.07, 6.45) is 1.41. The molecule has 0 amide bonds. The van der Waals surface area contributed by atoms with E-state index >= 15 is 0 Å². The van der Waals surface area contributed by atoms with Gasteiger partial charge in [0.1, 0.15) is 4.90 Å². The molecule has 1 N–H and O–H groups in total. The first kappa shape index (κ1) is 17.7. The fourth-order valence-electron chi connectivity index (χ4n) is 1.95. The fraction of sp³-hybridized carbons (Fsp3) is 0.429. The maximum Gasteiger partial charge on any atom is 0.246 e. The van der Waals surface area contributed by atoms with Crippen LogP contribution in [0.5, 0.6) is 0 Å². The molecule has 4 nitrogen and oxygen atoms in total. The fourth-order valence-corrected chi connectivity index (χ4v) is 3.68. The van der Waals surface area contributed by atoms with E-state index in [-0.39, 0.29) is 13.1 Å². The smallest absolute Gasteiger partial charge is 0.246 e. The van der Waals surface area contributed by atoms with Crippen LogP contribution in [0.25, 0.3) is 0 Å². The van der Waals surface area contributed by atoms with E-state index in [9.17, 15) is 17.2 Å². The summed E-state index contributed by atoms with van der Waals surface area (Å²) in [4.78, 5) is -0.650. The highest BCUT2D eigenvalue weighted by molar-refractivity contribution is 7.89. The van der Waals surface area contributed by atoms with Crippen molar-refractivity contribution in [2.24, 2.45) is 0 Å². The van der Waals surface area contributed by atoms with Crippen molar-refractivity contribution in [1.82, 2.24) is 9.62 Å². The van der Waals surface area contributed by atoms with Gasteiger partial charge < -0.3 is 5.32 Å². The summed E-state index contributed by atoms with van der Waals surface area (Å²) in [7, 11) is -2.50. The molecular formula is C14H20F2N2O2S. The Balaban J connectivity index is 3.45. The van der Waals surface area contributed by atoms with Crippen LogP contribution in [0.15, 0.2) is 29.7 Å². The van der Waals surface area contributed by atoms with Crippen molar-refractivity contribution in [3.05, 3.63) is 42.0 Å². The lowest BCUT2D eigenvalue weighted by molar-refractivity contribution is 0.378. The minimum atomic E-state index is -4.14. The molecule has 118 valence electrons. The van der Waals surface area contributed by atoms with Crippen LogP contribution in [0.1, 0.15) is 19.4 Å². The summed E-state index contributed by atoms with van der Waals surface area (Å²) >= 11 is 0. The van der Waals surface area contributed by atoms with Crippen molar-refractivity contribution in [3.63, 3.8) is 0 Å². The number of nitrogens with zero attached hydrogens (tertiary/aromatic N) is 1. The van der Waals surface area contributed by atoms with Crippen LogP contribution in [0.3, 0.4) is 0 Å². The monoisotopic (exact) mass is 318 g/mol. The van der Waals surface area contributed by atoms with Gasteiger partial charge in [-0.25, -0.2) is 17.2 Å². The number of halogens is 2. The predicted molar refractivity (Wildman–Crippen MR) is 78.3 cm³/mol. The Labute approximate surface area is 124 Å². The van der Waals surface area contributed by atoms with Crippen LogP contribution < -0.4 is 5.32 Å². The second-order valence-corrected chi connectivity index (χ2v) is 6.74. The number of rotatable bonds is 7. The molecule has 0 aromatic heterocycles. The van der Waals surface area contributed by atoms with Gasteiger partial charge >= 0.3 is 0 Å². The van der Waals surface area contributed by atoms with E-state index in [4.69, 9.17) is 0 Å². The molecule has 0 fully saturated rings. The summed E-state index contributed by atoms with van der Waals surface area (Å²) in [5.41, 5.74) is 0.359. The van der Waals surface area contributed by atoms with Crippen molar-refractivity contribution in [2.75, 3.05) is 13.6 Å². The summed E-state index contributed by atoms with van der Waals surface area (Å²) in [5, 5.41) is 2.77. The van der Waals surface area contributed by atoms with Crippen LogP contribution in [0.2, 0.25) is 0 Å². The third kappa shape index (κ3) is 3.87. The molecule has 0 radical (unpaired) electrons. The molecule has 7 heteroatoms. The molecular weight excluding hydrogens is 298 g/mol. The van der Waals surface area contributed by atoms with Crippen LogP contribution in [-0.2, 0) is 16.6 Å². The predicted octanol–water partition coefficient (Wildman–Crippen LogP) is 2.27.